The van der Waals surface area contributed by atoms with Gasteiger partial charge in [0, 0.05) is 17.3 Å². The Hall–Kier alpha value is -4.44. The van der Waals surface area contributed by atoms with E-state index < -0.39 is 29.4 Å². The molecule has 2 aromatic heterocycles. The molecular weight excluding hydrogens is 479 g/mol. The average molecular weight is 495 g/mol. The summed E-state index contributed by atoms with van der Waals surface area (Å²) in [5.41, 5.74) is 3.14. The van der Waals surface area contributed by atoms with Crippen molar-refractivity contribution in [3.05, 3.63) is 113 Å². The molecule has 5 rings (SSSR count). The van der Waals surface area contributed by atoms with Crippen molar-refractivity contribution in [2.45, 2.75) is 6.43 Å². The van der Waals surface area contributed by atoms with Crippen molar-refractivity contribution in [1.29, 1.82) is 0 Å². The first-order valence-corrected chi connectivity index (χ1v) is 10.7. The smallest absolute Gasteiger partial charge is 0.265 e. The summed E-state index contributed by atoms with van der Waals surface area (Å²) in [6.45, 7) is 0. The van der Waals surface area contributed by atoms with Gasteiger partial charge >= 0.3 is 0 Å². The van der Waals surface area contributed by atoms with Crippen LogP contribution in [0.1, 0.15) is 12.0 Å². The molecule has 5 nitrogen and oxygen atoms in total. The zero-order chi connectivity index (χ0) is 25.4. The van der Waals surface area contributed by atoms with E-state index in [1.165, 1.54) is 42.6 Å². The van der Waals surface area contributed by atoms with Gasteiger partial charge in [0.2, 0.25) is 0 Å². The lowest BCUT2D eigenvalue weighted by atomic mass is 10.0. The van der Waals surface area contributed by atoms with Gasteiger partial charge in [-0.3, -0.25) is 4.40 Å². The third-order valence-electron chi connectivity index (χ3n) is 5.63. The number of rotatable bonds is 6. The summed E-state index contributed by atoms with van der Waals surface area (Å²) in [7, 11) is 0. The fourth-order valence-electron chi connectivity index (χ4n) is 3.92. The Morgan fingerprint density at radius 3 is 2.39 bits per heavy atom. The Kier molecular flexibility index (Phi) is 6.03. The molecule has 0 aliphatic heterocycles. The molecule has 0 unspecified atom stereocenters. The molecule has 0 amide bonds. The Labute approximate surface area is 201 Å². The summed E-state index contributed by atoms with van der Waals surface area (Å²) < 4.78 is 70.3. The molecule has 182 valence electrons. The maximum Gasteiger partial charge on any atom is 0.265 e. The standard InChI is InChI=1S/C26H16F5N4O/c27-16-7-9-17(10-8-16)33-35(36)22-13-15(6-11-19(22)25(30)31)18-4-2-12-34-23(18)14-32-26(34)20-3-1-5-21(28)24(20)29/h1-14,25,33H/q-1. The zero-order valence-corrected chi connectivity index (χ0v) is 18.3. The third-order valence-corrected chi connectivity index (χ3v) is 5.63. The number of imidazole rings is 1. The maximum atomic E-state index is 14.4. The second-order valence-electron chi connectivity index (χ2n) is 7.85. The van der Waals surface area contributed by atoms with Crippen molar-refractivity contribution < 1.29 is 22.0 Å². The number of benzene rings is 3. The fourth-order valence-corrected chi connectivity index (χ4v) is 3.92. The van der Waals surface area contributed by atoms with Crippen molar-refractivity contribution in [2.75, 3.05) is 10.6 Å². The number of fused-ring (bicyclic) bond motifs is 1. The van der Waals surface area contributed by atoms with Crippen LogP contribution in [0, 0.1) is 22.7 Å². The van der Waals surface area contributed by atoms with E-state index in [2.05, 4.69) is 10.4 Å². The normalized spacial score (nSPS) is 11.3. The van der Waals surface area contributed by atoms with Crippen LogP contribution in [0.25, 0.3) is 28.0 Å². The molecule has 0 fully saturated rings. The van der Waals surface area contributed by atoms with Gasteiger partial charge in [0.05, 0.1) is 28.7 Å². The second kappa shape index (κ2) is 9.31. The minimum absolute atomic E-state index is 0.0462. The lowest BCUT2D eigenvalue weighted by molar-refractivity contribution is 0.152. The maximum absolute atomic E-state index is 14.4. The van der Waals surface area contributed by atoms with Crippen LogP contribution in [-0.4, -0.2) is 9.38 Å². The Morgan fingerprint density at radius 2 is 1.64 bits per heavy atom. The number of anilines is 2. The predicted octanol–water partition coefficient (Wildman–Crippen LogP) is 7.35. The highest BCUT2D eigenvalue weighted by atomic mass is 19.3. The molecule has 0 spiro atoms. The quantitative estimate of drug-likeness (QED) is 0.198. The molecule has 0 radical (unpaired) electrons. The molecule has 0 atom stereocenters. The van der Waals surface area contributed by atoms with Gasteiger partial charge in [0.25, 0.3) is 6.43 Å². The fraction of sp³-hybridized carbons (Fsp3) is 0.0385. The van der Waals surface area contributed by atoms with Crippen molar-refractivity contribution in [2.24, 2.45) is 0 Å². The van der Waals surface area contributed by atoms with Crippen LogP contribution in [0.5, 0.6) is 0 Å². The van der Waals surface area contributed by atoms with E-state index in [-0.39, 0.29) is 27.9 Å². The number of nitrogens with zero attached hydrogens (tertiary/aromatic N) is 3. The van der Waals surface area contributed by atoms with Gasteiger partial charge in [-0.1, -0.05) is 24.3 Å². The first-order valence-electron chi connectivity index (χ1n) is 10.7. The van der Waals surface area contributed by atoms with Gasteiger partial charge in [-0.15, -0.1) is 0 Å². The monoisotopic (exact) mass is 495 g/mol. The van der Waals surface area contributed by atoms with Crippen LogP contribution in [0.15, 0.2) is 85.2 Å². The topological polar surface area (TPSA) is 55.6 Å². The van der Waals surface area contributed by atoms with Crippen molar-refractivity contribution in [3.63, 3.8) is 0 Å². The number of halogens is 5. The Balaban J connectivity index is 1.58. The third kappa shape index (κ3) is 4.22. The number of hydrogen-bond acceptors (Lipinski definition) is 4. The van der Waals surface area contributed by atoms with E-state index in [4.69, 9.17) is 0 Å². The number of hydrogen-bond donors (Lipinski definition) is 1. The summed E-state index contributed by atoms with van der Waals surface area (Å²) in [6.07, 6.45) is 0.117. The molecule has 36 heavy (non-hydrogen) atoms. The van der Waals surface area contributed by atoms with Gasteiger partial charge < -0.3 is 15.8 Å². The predicted molar refractivity (Wildman–Crippen MR) is 127 cm³/mol. The van der Waals surface area contributed by atoms with E-state index in [1.54, 1.807) is 22.7 Å². The number of pyridine rings is 1. The van der Waals surface area contributed by atoms with Crippen LogP contribution in [0.2, 0.25) is 0 Å². The summed E-state index contributed by atoms with van der Waals surface area (Å²) in [6, 6.07) is 15.8. The van der Waals surface area contributed by atoms with Gasteiger partial charge in [-0.05, 0) is 54.1 Å². The van der Waals surface area contributed by atoms with E-state index in [9.17, 15) is 27.2 Å². The van der Waals surface area contributed by atoms with Gasteiger partial charge in [0.15, 0.2) is 11.6 Å². The highest BCUT2D eigenvalue weighted by molar-refractivity contribution is 5.84. The van der Waals surface area contributed by atoms with Crippen LogP contribution in [-0.2, 0) is 0 Å². The van der Waals surface area contributed by atoms with Crippen molar-refractivity contribution in [3.8, 4) is 22.5 Å². The highest BCUT2D eigenvalue weighted by Crippen LogP contribution is 2.36. The first kappa shape index (κ1) is 23.3. The van der Waals surface area contributed by atoms with Gasteiger partial charge in [-0.2, -0.15) is 0 Å². The molecule has 3 aromatic carbocycles. The van der Waals surface area contributed by atoms with Crippen LogP contribution < -0.4 is 10.6 Å². The molecule has 5 aromatic rings. The molecule has 0 saturated carbocycles. The first-order chi connectivity index (χ1) is 17.3. The second-order valence-corrected chi connectivity index (χ2v) is 7.85. The van der Waals surface area contributed by atoms with Crippen LogP contribution in [0.4, 0.5) is 33.3 Å². The van der Waals surface area contributed by atoms with Crippen LogP contribution >= 0.6 is 0 Å². The lowest BCUT2D eigenvalue weighted by Gasteiger charge is -2.34. The van der Waals surface area contributed by atoms with E-state index >= 15 is 0 Å². The molecular formula is C26H16F5N4O-. The number of hydrazine groups is 1. The summed E-state index contributed by atoms with van der Waals surface area (Å²) in [5.74, 6) is -2.43. The number of nitrogens with one attached hydrogen (secondary N) is 1. The summed E-state index contributed by atoms with van der Waals surface area (Å²) in [5, 5.41) is 13.0. The Bertz CT molecular complexity index is 1550. The van der Waals surface area contributed by atoms with E-state index in [0.29, 0.717) is 16.6 Å². The molecule has 1 N–H and O–H groups in total. The van der Waals surface area contributed by atoms with Crippen LogP contribution in [0.3, 0.4) is 0 Å². The minimum Gasteiger partial charge on any atom is -0.739 e. The van der Waals surface area contributed by atoms with Crippen molar-refractivity contribution in [1.82, 2.24) is 9.38 Å². The van der Waals surface area contributed by atoms with E-state index in [1.807, 2.05) is 0 Å². The van der Waals surface area contributed by atoms with Gasteiger partial charge in [-0.25, -0.2) is 26.9 Å². The average Bonchev–Trinajstić information content (AvgIpc) is 3.31. The molecule has 2 heterocycles. The Morgan fingerprint density at radius 1 is 0.889 bits per heavy atom. The molecule has 0 aliphatic rings. The molecule has 0 saturated heterocycles. The number of aromatic nitrogens is 2. The highest BCUT2D eigenvalue weighted by Gasteiger charge is 2.19. The molecule has 10 heteroatoms. The SMILES string of the molecule is [O-]N(Nc1ccc(F)cc1)c1cc(-c2cccn3c(-c4cccc(F)c4F)ncc23)ccc1C(F)F. The van der Waals surface area contributed by atoms with Crippen molar-refractivity contribution >= 4 is 16.9 Å². The largest absolute Gasteiger partial charge is 0.739 e. The zero-order valence-electron chi connectivity index (χ0n) is 18.3. The lowest BCUT2D eigenvalue weighted by Crippen LogP contribution is -2.24. The number of alkyl halides is 2. The molecule has 0 bridgehead atoms. The molecule has 0 aliphatic carbocycles. The van der Waals surface area contributed by atoms with E-state index in [0.717, 1.165) is 24.3 Å². The minimum atomic E-state index is -2.94. The van der Waals surface area contributed by atoms with Gasteiger partial charge in [0.1, 0.15) is 11.6 Å². The summed E-state index contributed by atoms with van der Waals surface area (Å²) in [4.78, 5) is 4.24. The summed E-state index contributed by atoms with van der Waals surface area (Å²) >= 11 is 0.